The first-order valence-corrected chi connectivity index (χ1v) is 13.1. The number of hydrogen-bond acceptors (Lipinski definition) is 6. The number of nitriles is 1. The Morgan fingerprint density at radius 1 is 0.927 bits per heavy atom. The molecule has 0 bridgehead atoms. The number of halogens is 3. The van der Waals surface area contributed by atoms with E-state index < -0.39 is 23.0 Å². The first-order chi connectivity index (χ1) is 19.8. The van der Waals surface area contributed by atoms with Crippen LogP contribution in [-0.4, -0.2) is 56.5 Å². The molecule has 0 unspecified atom stereocenters. The molecule has 1 spiro atoms. The molecule has 206 valence electrons. The first kappa shape index (κ1) is 26.3. The maximum Gasteiger partial charge on any atom is 0.274 e. The van der Waals surface area contributed by atoms with Gasteiger partial charge in [0, 0.05) is 44.0 Å². The summed E-state index contributed by atoms with van der Waals surface area (Å²) < 4.78 is 45.0. The number of hydrogen-bond donors (Lipinski definition) is 0. The smallest absolute Gasteiger partial charge is 0.274 e. The standard InChI is InChI=1S/C30H23F3N6O2/c31-21-1-3-22(4-2-21)39-26(20-5-10-35-11-6-20)17-25(36-39)29(41)37-13-8-30(9-14-37)27(40)7-12-38(30)28-23(32)15-19(18-34)16-24(28)33/h1-6,10-11,15-17H,7-9,12-14H2. The summed E-state index contributed by atoms with van der Waals surface area (Å²) in [6.45, 7) is 0.493. The summed E-state index contributed by atoms with van der Waals surface area (Å²) in [6.07, 6.45) is 3.74. The van der Waals surface area contributed by atoms with E-state index in [-0.39, 0.29) is 67.5 Å². The molecule has 2 fully saturated rings. The van der Waals surface area contributed by atoms with Crippen molar-refractivity contribution in [2.75, 3.05) is 24.5 Å². The molecule has 11 heteroatoms. The van der Waals surface area contributed by atoms with Crippen molar-refractivity contribution >= 4 is 17.4 Å². The van der Waals surface area contributed by atoms with Crippen LogP contribution < -0.4 is 4.90 Å². The lowest BCUT2D eigenvalue weighted by Gasteiger charge is -2.44. The minimum atomic E-state index is -1.15. The van der Waals surface area contributed by atoms with Crippen LogP contribution in [-0.2, 0) is 4.79 Å². The predicted molar refractivity (Wildman–Crippen MR) is 143 cm³/mol. The van der Waals surface area contributed by atoms with Crippen molar-refractivity contribution in [1.29, 1.82) is 5.26 Å². The van der Waals surface area contributed by atoms with Crippen molar-refractivity contribution in [2.45, 2.75) is 24.8 Å². The summed E-state index contributed by atoms with van der Waals surface area (Å²) in [7, 11) is 0. The quantitative estimate of drug-likeness (QED) is 0.363. The van der Waals surface area contributed by atoms with Gasteiger partial charge in [-0.05, 0) is 67.4 Å². The highest BCUT2D eigenvalue weighted by Crippen LogP contribution is 2.42. The number of pyridine rings is 1. The van der Waals surface area contributed by atoms with E-state index in [1.54, 1.807) is 58.4 Å². The molecule has 2 aliphatic rings. The topological polar surface area (TPSA) is 95.1 Å². The lowest BCUT2D eigenvalue weighted by atomic mass is 9.83. The van der Waals surface area contributed by atoms with Gasteiger partial charge in [-0.3, -0.25) is 14.6 Å². The second-order valence-electron chi connectivity index (χ2n) is 10.1. The fraction of sp³-hybridized carbons (Fsp3) is 0.233. The fourth-order valence-corrected chi connectivity index (χ4v) is 5.81. The number of piperidine rings is 1. The Hall–Kier alpha value is -4.98. The summed E-state index contributed by atoms with van der Waals surface area (Å²) >= 11 is 0. The summed E-state index contributed by atoms with van der Waals surface area (Å²) in [5.41, 5.74) is 0.475. The fourth-order valence-electron chi connectivity index (χ4n) is 5.81. The van der Waals surface area contributed by atoms with E-state index in [0.29, 0.717) is 11.4 Å². The number of rotatable bonds is 4. The Bertz CT molecular complexity index is 1670. The largest absolute Gasteiger partial charge is 0.353 e. The van der Waals surface area contributed by atoms with E-state index >= 15 is 0 Å². The molecule has 4 aromatic rings. The van der Waals surface area contributed by atoms with E-state index in [9.17, 15) is 22.8 Å². The van der Waals surface area contributed by atoms with Gasteiger partial charge in [0.25, 0.3) is 5.91 Å². The second-order valence-corrected chi connectivity index (χ2v) is 10.1. The van der Waals surface area contributed by atoms with Crippen LogP contribution in [0.3, 0.4) is 0 Å². The number of anilines is 1. The van der Waals surface area contributed by atoms with Crippen LogP contribution >= 0.6 is 0 Å². The minimum Gasteiger partial charge on any atom is -0.353 e. The zero-order valence-corrected chi connectivity index (χ0v) is 21.7. The van der Waals surface area contributed by atoms with E-state index in [2.05, 4.69) is 10.1 Å². The van der Waals surface area contributed by atoms with Crippen LogP contribution in [0.15, 0.2) is 67.0 Å². The molecule has 0 aliphatic carbocycles. The Balaban J connectivity index is 1.28. The minimum absolute atomic E-state index is 0.129. The number of amides is 1. The Labute approximate surface area is 233 Å². The third kappa shape index (κ3) is 4.51. The summed E-state index contributed by atoms with van der Waals surface area (Å²) in [5.74, 6) is -2.69. The Morgan fingerprint density at radius 2 is 1.59 bits per heavy atom. The van der Waals surface area contributed by atoms with Crippen molar-refractivity contribution in [2.24, 2.45) is 0 Å². The molecule has 0 atom stereocenters. The number of carbonyl (C=O) groups excluding carboxylic acids is 2. The Morgan fingerprint density at radius 3 is 2.22 bits per heavy atom. The molecule has 6 rings (SSSR count). The lowest BCUT2D eigenvalue weighted by Crippen LogP contribution is -2.57. The van der Waals surface area contributed by atoms with Crippen LogP contribution in [0.2, 0.25) is 0 Å². The number of benzene rings is 2. The van der Waals surface area contributed by atoms with Gasteiger partial charge in [-0.1, -0.05) is 0 Å². The van der Waals surface area contributed by atoms with Crippen molar-refractivity contribution in [3.8, 4) is 23.0 Å². The van der Waals surface area contributed by atoms with Crippen LogP contribution in [0.25, 0.3) is 16.9 Å². The molecule has 2 aromatic carbocycles. The van der Waals surface area contributed by atoms with Gasteiger partial charge in [-0.15, -0.1) is 0 Å². The molecule has 8 nitrogen and oxygen atoms in total. The molecular formula is C30H23F3N6O2. The normalized spacial score (nSPS) is 16.3. The van der Waals surface area contributed by atoms with E-state index in [0.717, 1.165) is 17.7 Å². The average molecular weight is 557 g/mol. The third-order valence-electron chi connectivity index (χ3n) is 7.87. The SMILES string of the molecule is N#Cc1cc(F)c(N2CCC(=O)C23CCN(C(=O)c2cc(-c4ccncc4)n(-c4ccc(F)cc4)n2)CC3)c(F)c1. The Kier molecular flexibility index (Phi) is 6.53. The van der Waals surface area contributed by atoms with Gasteiger partial charge in [-0.2, -0.15) is 10.4 Å². The third-order valence-corrected chi connectivity index (χ3v) is 7.87. The van der Waals surface area contributed by atoms with Gasteiger partial charge in [0.1, 0.15) is 17.0 Å². The molecular weight excluding hydrogens is 533 g/mol. The number of likely N-dealkylation sites (tertiary alicyclic amines) is 1. The highest BCUT2D eigenvalue weighted by molar-refractivity contribution is 5.97. The summed E-state index contributed by atoms with van der Waals surface area (Å²) in [4.78, 5) is 33.8. The van der Waals surface area contributed by atoms with Crippen LogP contribution in [0.4, 0.5) is 18.9 Å². The van der Waals surface area contributed by atoms with E-state index in [1.165, 1.54) is 17.0 Å². The lowest BCUT2D eigenvalue weighted by molar-refractivity contribution is -0.123. The van der Waals surface area contributed by atoms with Crippen LogP contribution in [0.1, 0.15) is 35.3 Å². The second kappa shape index (κ2) is 10.2. The average Bonchev–Trinajstić information content (AvgIpc) is 3.56. The number of carbonyl (C=O) groups is 2. The van der Waals surface area contributed by atoms with E-state index in [4.69, 9.17) is 5.26 Å². The van der Waals surface area contributed by atoms with Crippen molar-refractivity contribution in [3.05, 3.63) is 95.7 Å². The molecule has 4 heterocycles. The maximum absolute atomic E-state index is 14.9. The highest BCUT2D eigenvalue weighted by Gasteiger charge is 2.51. The maximum atomic E-state index is 14.9. The van der Waals surface area contributed by atoms with Crippen molar-refractivity contribution in [3.63, 3.8) is 0 Å². The van der Waals surface area contributed by atoms with Gasteiger partial charge in [0.05, 0.1) is 23.0 Å². The van der Waals surface area contributed by atoms with Gasteiger partial charge in [0.2, 0.25) is 0 Å². The molecule has 41 heavy (non-hydrogen) atoms. The molecule has 0 saturated carbocycles. The molecule has 0 radical (unpaired) electrons. The monoisotopic (exact) mass is 556 g/mol. The van der Waals surface area contributed by atoms with Crippen LogP contribution in [0.5, 0.6) is 0 Å². The molecule has 2 saturated heterocycles. The first-order valence-electron chi connectivity index (χ1n) is 13.1. The molecule has 2 aliphatic heterocycles. The van der Waals surface area contributed by atoms with Crippen molar-refractivity contribution in [1.82, 2.24) is 19.7 Å². The van der Waals surface area contributed by atoms with Crippen LogP contribution in [0, 0.1) is 28.8 Å². The van der Waals surface area contributed by atoms with Gasteiger partial charge in [-0.25, -0.2) is 17.9 Å². The molecule has 0 N–H and O–H groups in total. The van der Waals surface area contributed by atoms with Gasteiger partial charge < -0.3 is 9.80 Å². The summed E-state index contributed by atoms with van der Waals surface area (Å²) in [5, 5.41) is 13.6. The zero-order valence-electron chi connectivity index (χ0n) is 21.7. The summed E-state index contributed by atoms with van der Waals surface area (Å²) in [6, 6.07) is 14.6. The number of Topliss-reactive ketones (excluding diaryl/α,β-unsaturated/α-hetero) is 1. The van der Waals surface area contributed by atoms with E-state index in [1.807, 2.05) is 0 Å². The van der Waals surface area contributed by atoms with Gasteiger partial charge in [0.15, 0.2) is 23.1 Å². The predicted octanol–water partition coefficient (Wildman–Crippen LogP) is 4.68. The molecule has 2 aromatic heterocycles. The highest BCUT2D eigenvalue weighted by atomic mass is 19.1. The van der Waals surface area contributed by atoms with Crippen molar-refractivity contribution < 1.29 is 22.8 Å². The van der Waals surface area contributed by atoms with Gasteiger partial charge >= 0.3 is 0 Å². The number of aromatic nitrogens is 3. The molecule has 1 amide bonds. The number of ketones is 1. The number of nitrogens with zero attached hydrogens (tertiary/aromatic N) is 6. The zero-order chi connectivity index (χ0) is 28.7.